The van der Waals surface area contributed by atoms with Gasteiger partial charge in [0.15, 0.2) is 0 Å². The van der Waals surface area contributed by atoms with E-state index in [1.54, 1.807) is 6.07 Å². The number of halogens is 1. The van der Waals surface area contributed by atoms with E-state index in [9.17, 15) is 4.79 Å². The fourth-order valence-corrected chi connectivity index (χ4v) is 4.43. The molecule has 1 unspecified atom stereocenters. The Labute approximate surface area is 141 Å². The maximum Gasteiger partial charge on any atom is 0.254 e. The van der Waals surface area contributed by atoms with Gasteiger partial charge in [0.1, 0.15) is 5.15 Å². The van der Waals surface area contributed by atoms with Gasteiger partial charge < -0.3 is 4.90 Å². The van der Waals surface area contributed by atoms with Gasteiger partial charge in [0.25, 0.3) is 5.91 Å². The molecule has 2 fully saturated rings. The number of hydrogen-bond acceptors (Lipinski definition) is 2. The molecular formula is C19H21ClN2O. The molecule has 2 aliphatic rings. The van der Waals surface area contributed by atoms with Crippen LogP contribution in [0.5, 0.6) is 0 Å². The molecule has 4 heteroatoms. The Morgan fingerprint density at radius 2 is 1.91 bits per heavy atom. The second kappa shape index (κ2) is 6.12. The summed E-state index contributed by atoms with van der Waals surface area (Å²) in [6, 6.07) is 9.89. The van der Waals surface area contributed by atoms with Crippen LogP contribution < -0.4 is 0 Å². The van der Waals surface area contributed by atoms with Gasteiger partial charge in [0.05, 0.1) is 5.52 Å². The summed E-state index contributed by atoms with van der Waals surface area (Å²) in [4.78, 5) is 19.4. The molecule has 0 radical (unpaired) electrons. The van der Waals surface area contributed by atoms with Gasteiger partial charge in [-0.15, -0.1) is 0 Å². The van der Waals surface area contributed by atoms with E-state index in [1.807, 2.05) is 24.3 Å². The zero-order valence-electron chi connectivity index (χ0n) is 13.2. The first-order valence-electron chi connectivity index (χ1n) is 8.60. The van der Waals surface area contributed by atoms with Crippen molar-refractivity contribution in [2.75, 3.05) is 6.54 Å². The van der Waals surface area contributed by atoms with Crippen LogP contribution in [-0.4, -0.2) is 28.4 Å². The summed E-state index contributed by atoms with van der Waals surface area (Å²) in [6.45, 7) is 0.900. The average molecular weight is 329 g/mol. The quantitative estimate of drug-likeness (QED) is 0.750. The number of carbonyl (C=O) groups is 1. The Morgan fingerprint density at radius 3 is 2.74 bits per heavy atom. The highest BCUT2D eigenvalue weighted by Crippen LogP contribution is 2.36. The summed E-state index contributed by atoms with van der Waals surface area (Å²) < 4.78 is 0. The number of amides is 1. The van der Waals surface area contributed by atoms with E-state index >= 15 is 0 Å². The lowest BCUT2D eigenvalue weighted by molar-refractivity contribution is 0.0689. The molecule has 120 valence electrons. The SMILES string of the molecule is O=C(c1ccc2nc(Cl)ccc2c1)N1CCCC1C1CCCC1. The fourth-order valence-electron chi connectivity index (χ4n) is 4.28. The molecule has 23 heavy (non-hydrogen) atoms. The van der Waals surface area contributed by atoms with Gasteiger partial charge in [-0.1, -0.05) is 24.4 Å². The van der Waals surface area contributed by atoms with Crippen LogP contribution in [0.15, 0.2) is 30.3 Å². The maximum absolute atomic E-state index is 13.0. The van der Waals surface area contributed by atoms with Gasteiger partial charge in [-0.2, -0.15) is 0 Å². The molecule has 1 aliphatic heterocycles. The van der Waals surface area contributed by atoms with Crippen molar-refractivity contribution in [2.24, 2.45) is 5.92 Å². The van der Waals surface area contributed by atoms with Crippen LogP contribution in [0.3, 0.4) is 0 Å². The first kappa shape index (κ1) is 14.9. The largest absolute Gasteiger partial charge is 0.335 e. The third-order valence-corrected chi connectivity index (χ3v) is 5.62. The van der Waals surface area contributed by atoms with E-state index in [-0.39, 0.29) is 5.91 Å². The summed E-state index contributed by atoms with van der Waals surface area (Å²) in [5.41, 5.74) is 1.61. The van der Waals surface area contributed by atoms with Gasteiger partial charge >= 0.3 is 0 Å². The van der Waals surface area contributed by atoms with Crippen molar-refractivity contribution in [2.45, 2.75) is 44.6 Å². The minimum atomic E-state index is 0.177. The number of fused-ring (bicyclic) bond motifs is 1. The Kier molecular flexibility index (Phi) is 3.98. The van der Waals surface area contributed by atoms with Crippen molar-refractivity contribution in [3.05, 3.63) is 41.0 Å². The number of hydrogen-bond donors (Lipinski definition) is 0. The number of benzene rings is 1. The summed E-state index contributed by atoms with van der Waals surface area (Å²) in [5.74, 6) is 0.888. The molecule has 1 aromatic heterocycles. The third-order valence-electron chi connectivity index (χ3n) is 5.41. The lowest BCUT2D eigenvalue weighted by Gasteiger charge is -2.29. The van der Waals surface area contributed by atoms with Crippen molar-refractivity contribution in [3.63, 3.8) is 0 Å². The molecule has 1 atom stereocenters. The van der Waals surface area contributed by atoms with Gasteiger partial charge in [-0.25, -0.2) is 4.98 Å². The standard InChI is InChI=1S/C19H21ClN2O/c20-18-10-8-14-12-15(7-9-16(14)21-18)19(23)22-11-3-6-17(22)13-4-1-2-5-13/h7-10,12-13,17H,1-6,11H2. The van der Waals surface area contributed by atoms with Crippen LogP contribution in [0.4, 0.5) is 0 Å². The smallest absolute Gasteiger partial charge is 0.254 e. The summed E-state index contributed by atoms with van der Waals surface area (Å²) in [5, 5.41) is 1.45. The minimum Gasteiger partial charge on any atom is -0.335 e. The lowest BCUT2D eigenvalue weighted by Crippen LogP contribution is -2.39. The van der Waals surface area contributed by atoms with Crippen LogP contribution in [0, 0.1) is 5.92 Å². The number of pyridine rings is 1. The molecule has 2 aromatic rings. The monoisotopic (exact) mass is 328 g/mol. The topological polar surface area (TPSA) is 33.2 Å². The molecule has 0 spiro atoms. The highest BCUT2D eigenvalue weighted by atomic mass is 35.5. The Morgan fingerprint density at radius 1 is 1.09 bits per heavy atom. The van der Waals surface area contributed by atoms with E-state index in [0.29, 0.717) is 17.1 Å². The van der Waals surface area contributed by atoms with E-state index in [1.165, 1.54) is 32.1 Å². The van der Waals surface area contributed by atoms with Gasteiger partial charge in [-0.3, -0.25) is 4.79 Å². The van der Waals surface area contributed by atoms with Crippen LogP contribution in [0.2, 0.25) is 5.15 Å². The molecule has 1 saturated heterocycles. The third kappa shape index (κ3) is 2.83. The summed E-state index contributed by atoms with van der Waals surface area (Å²) in [7, 11) is 0. The van der Waals surface area contributed by atoms with Crippen molar-refractivity contribution in [3.8, 4) is 0 Å². The number of aromatic nitrogens is 1. The van der Waals surface area contributed by atoms with Crippen LogP contribution >= 0.6 is 11.6 Å². The molecule has 0 bridgehead atoms. The second-order valence-corrected chi connectivity index (χ2v) is 7.18. The Hall–Kier alpha value is -1.61. The first-order valence-corrected chi connectivity index (χ1v) is 8.97. The maximum atomic E-state index is 13.0. The Bertz CT molecular complexity index is 739. The number of nitrogens with zero attached hydrogens (tertiary/aromatic N) is 2. The molecule has 1 aliphatic carbocycles. The highest BCUT2D eigenvalue weighted by molar-refractivity contribution is 6.29. The molecule has 1 amide bonds. The van der Waals surface area contributed by atoms with Crippen LogP contribution in [0.25, 0.3) is 10.9 Å². The molecular weight excluding hydrogens is 308 g/mol. The molecule has 2 heterocycles. The zero-order valence-corrected chi connectivity index (χ0v) is 13.9. The van der Waals surface area contributed by atoms with E-state index in [2.05, 4.69) is 9.88 Å². The fraction of sp³-hybridized carbons (Fsp3) is 0.474. The van der Waals surface area contributed by atoms with Crippen molar-refractivity contribution < 1.29 is 4.79 Å². The Balaban J connectivity index is 1.61. The highest BCUT2D eigenvalue weighted by Gasteiger charge is 2.36. The molecule has 0 N–H and O–H groups in total. The predicted octanol–water partition coefficient (Wildman–Crippen LogP) is 4.68. The number of carbonyl (C=O) groups excluding carboxylic acids is 1. The molecule has 3 nitrogen and oxygen atoms in total. The zero-order chi connectivity index (χ0) is 15.8. The summed E-state index contributed by atoms with van der Waals surface area (Å²) >= 11 is 5.93. The van der Waals surface area contributed by atoms with Gasteiger partial charge in [-0.05, 0) is 61.9 Å². The van der Waals surface area contributed by atoms with Crippen molar-refractivity contribution >= 4 is 28.4 Å². The molecule has 1 aromatic carbocycles. The minimum absolute atomic E-state index is 0.177. The van der Waals surface area contributed by atoms with Crippen molar-refractivity contribution in [1.29, 1.82) is 0 Å². The summed E-state index contributed by atoms with van der Waals surface area (Å²) in [6.07, 6.45) is 7.53. The molecule has 4 rings (SSSR count). The van der Waals surface area contributed by atoms with E-state index < -0.39 is 0 Å². The van der Waals surface area contributed by atoms with Gasteiger partial charge in [0, 0.05) is 23.5 Å². The normalized spacial score (nSPS) is 22.1. The van der Waals surface area contributed by atoms with Crippen molar-refractivity contribution in [1.82, 2.24) is 9.88 Å². The van der Waals surface area contributed by atoms with Crippen LogP contribution in [0.1, 0.15) is 48.9 Å². The number of likely N-dealkylation sites (tertiary alicyclic amines) is 1. The van der Waals surface area contributed by atoms with Gasteiger partial charge in [0.2, 0.25) is 0 Å². The molecule has 1 saturated carbocycles. The predicted molar refractivity (Wildman–Crippen MR) is 92.8 cm³/mol. The van der Waals surface area contributed by atoms with Crippen LogP contribution in [-0.2, 0) is 0 Å². The first-order chi connectivity index (χ1) is 11.2. The lowest BCUT2D eigenvalue weighted by atomic mass is 9.95. The number of rotatable bonds is 2. The van der Waals surface area contributed by atoms with E-state index in [0.717, 1.165) is 29.4 Å². The second-order valence-electron chi connectivity index (χ2n) is 6.79. The van der Waals surface area contributed by atoms with E-state index in [4.69, 9.17) is 11.6 Å². The average Bonchev–Trinajstić information content (AvgIpc) is 3.24.